The number of benzene rings is 2. The molecule has 1 unspecified atom stereocenters. The quantitative estimate of drug-likeness (QED) is 0.357. The minimum Gasteiger partial charge on any atom is -0.457 e. The number of likely N-dealkylation sites (tertiary alicyclic amines) is 1. The number of hydrogen-bond acceptors (Lipinski definition) is 7. The van der Waals surface area contributed by atoms with Gasteiger partial charge in [-0.25, -0.2) is 0 Å². The second-order valence-corrected chi connectivity index (χ2v) is 10.7. The van der Waals surface area contributed by atoms with Crippen molar-refractivity contribution in [2.75, 3.05) is 25.1 Å². The Kier molecular flexibility index (Phi) is 9.00. The van der Waals surface area contributed by atoms with Crippen molar-refractivity contribution in [3.63, 3.8) is 0 Å². The third kappa shape index (κ3) is 7.26. The Morgan fingerprint density at radius 2 is 1.88 bits per heavy atom. The molecule has 34 heavy (non-hydrogen) atoms. The molecule has 2 amide bonds. The molecule has 3 N–H and O–H groups in total. The van der Waals surface area contributed by atoms with E-state index in [1.807, 2.05) is 0 Å². The van der Waals surface area contributed by atoms with E-state index in [1.165, 1.54) is 0 Å². The fraction of sp³-hybridized carbons (Fsp3) is 0.333. The minimum absolute atomic E-state index is 0.0993. The van der Waals surface area contributed by atoms with Crippen LogP contribution in [0.3, 0.4) is 0 Å². The second kappa shape index (κ2) is 11.9. The number of carbonyl (C=O) groups is 2. The molecule has 10 heteroatoms. The maximum absolute atomic E-state index is 12.6. The highest BCUT2D eigenvalue weighted by Crippen LogP contribution is 2.29. The Bertz CT molecular complexity index is 1120. The molecular formula is C24H28N4O4S2. The number of carbonyl (C=O) groups excluding carboxylic acids is 2. The Hall–Kier alpha value is -2.98. The average molecular weight is 501 g/mol. The molecule has 2 aromatic carbocycles. The first-order valence-electron chi connectivity index (χ1n) is 10.8. The Balaban J connectivity index is 1.81. The first-order chi connectivity index (χ1) is 16.2. The van der Waals surface area contributed by atoms with Gasteiger partial charge in [0, 0.05) is 65.6 Å². The van der Waals surface area contributed by atoms with Gasteiger partial charge in [-0.1, -0.05) is 17.8 Å². The van der Waals surface area contributed by atoms with E-state index >= 15 is 0 Å². The van der Waals surface area contributed by atoms with Gasteiger partial charge in [0.05, 0.1) is 5.04 Å². The molecule has 1 fully saturated rings. The molecule has 8 nitrogen and oxygen atoms in total. The summed E-state index contributed by atoms with van der Waals surface area (Å²) in [6, 6.07) is 12.1. The number of hydrogen-bond donors (Lipinski definition) is 3. The number of rotatable bonds is 9. The largest absolute Gasteiger partial charge is 0.457 e. The van der Waals surface area contributed by atoms with Gasteiger partial charge >= 0.3 is 0 Å². The van der Waals surface area contributed by atoms with Crippen LogP contribution in [0.2, 0.25) is 0 Å². The molecule has 0 aliphatic carbocycles. The molecule has 0 bridgehead atoms. The van der Waals surface area contributed by atoms with Crippen molar-refractivity contribution in [1.82, 2.24) is 10.2 Å². The fourth-order valence-corrected chi connectivity index (χ4v) is 4.37. The third-order valence-corrected chi connectivity index (χ3v) is 6.66. The highest BCUT2D eigenvalue weighted by Gasteiger charge is 2.22. The molecule has 0 aromatic heterocycles. The highest BCUT2D eigenvalue weighted by atomic mass is 32.2. The van der Waals surface area contributed by atoms with Crippen molar-refractivity contribution >= 4 is 44.5 Å². The van der Waals surface area contributed by atoms with Crippen LogP contribution in [-0.2, 0) is 22.1 Å². The summed E-state index contributed by atoms with van der Waals surface area (Å²) in [5.41, 5.74) is 1.87. The molecular weight excluding hydrogens is 472 g/mol. The highest BCUT2D eigenvalue weighted by molar-refractivity contribution is 8.26. The van der Waals surface area contributed by atoms with Crippen LogP contribution in [0.4, 0.5) is 0 Å². The summed E-state index contributed by atoms with van der Waals surface area (Å²) in [4.78, 5) is 26.5. The van der Waals surface area contributed by atoms with Crippen molar-refractivity contribution in [2.24, 2.45) is 0 Å². The molecule has 3 rings (SSSR count). The summed E-state index contributed by atoms with van der Waals surface area (Å²) in [5, 5.41) is 19.0. The van der Waals surface area contributed by atoms with Crippen molar-refractivity contribution in [2.45, 2.75) is 26.3 Å². The van der Waals surface area contributed by atoms with Gasteiger partial charge in [0.2, 0.25) is 5.91 Å². The maximum Gasteiger partial charge on any atom is 0.251 e. The lowest BCUT2D eigenvalue weighted by molar-refractivity contribution is -0.128. The molecule has 0 saturated carbocycles. The van der Waals surface area contributed by atoms with E-state index in [9.17, 15) is 13.8 Å². The zero-order valence-electron chi connectivity index (χ0n) is 19.2. The topological polar surface area (TPSA) is 123 Å². The summed E-state index contributed by atoms with van der Waals surface area (Å²) in [6.45, 7) is 3.02. The van der Waals surface area contributed by atoms with Gasteiger partial charge in [0.1, 0.15) is 16.5 Å². The summed E-state index contributed by atoms with van der Waals surface area (Å²) in [7, 11) is -0.994. The molecule has 0 spiro atoms. The fourth-order valence-electron chi connectivity index (χ4n) is 3.42. The summed E-state index contributed by atoms with van der Waals surface area (Å²) < 4.78 is 17.4. The van der Waals surface area contributed by atoms with E-state index in [2.05, 4.69) is 5.32 Å². The lowest BCUT2D eigenvalue weighted by Gasteiger charge is -2.19. The molecule has 1 heterocycles. The molecule has 2 aromatic rings. The van der Waals surface area contributed by atoms with Crippen LogP contribution in [0.5, 0.6) is 11.5 Å². The average Bonchev–Trinajstić information content (AvgIpc) is 3.19. The van der Waals surface area contributed by atoms with Gasteiger partial charge < -0.3 is 15.0 Å². The third-order valence-electron chi connectivity index (χ3n) is 5.14. The van der Waals surface area contributed by atoms with E-state index in [0.29, 0.717) is 59.5 Å². The summed E-state index contributed by atoms with van der Waals surface area (Å²) in [6.07, 6.45) is 2.95. The predicted molar refractivity (Wildman–Crippen MR) is 137 cm³/mol. The van der Waals surface area contributed by atoms with Crippen molar-refractivity contribution in [3.8, 4) is 11.5 Å². The van der Waals surface area contributed by atoms with E-state index in [4.69, 9.17) is 15.6 Å². The second-order valence-electron chi connectivity index (χ2n) is 7.89. The Labute approximate surface area is 205 Å². The van der Waals surface area contributed by atoms with Gasteiger partial charge in [0.25, 0.3) is 5.91 Å². The van der Waals surface area contributed by atoms with Crippen molar-refractivity contribution in [3.05, 3.63) is 59.2 Å². The van der Waals surface area contributed by atoms with Gasteiger partial charge in [-0.2, -0.15) is 0 Å². The monoisotopic (exact) mass is 500 g/mol. The van der Waals surface area contributed by atoms with E-state index in [0.717, 1.165) is 23.7 Å². The van der Waals surface area contributed by atoms with Gasteiger partial charge in [0.15, 0.2) is 0 Å². The Morgan fingerprint density at radius 3 is 2.50 bits per heavy atom. The van der Waals surface area contributed by atoms with Crippen LogP contribution >= 0.6 is 11.8 Å². The standard InChI is InChI=1S/C24H28N4O4S2/c1-16(25)33-23(26)17-7-9-20(10-8-17)32-21-14-18(24(30)27-11-13-34(2)31)5-6-19(21)15-28-12-3-4-22(28)29/h5-10,14,25-26H,3-4,11-13,15H2,1-2H3,(H,27,30). The SMILES string of the molecule is CC(=N)SC(=N)c1ccc(Oc2cc(C(=O)NCCS(C)=O)ccc2CN2CCCC2=O)cc1. The van der Waals surface area contributed by atoms with Crippen LogP contribution in [0.15, 0.2) is 42.5 Å². The van der Waals surface area contributed by atoms with Crippen molar-refractivity contribution in [1.29, 1.82) is 10.8 Å². The number of thioether (sulfide) groups is 1. The number of nitrogens with one attached hydrogen (secondary N) is 3. The van der Waals surface area contributed by atoms with E-state index in [1.54, 1.807) is 60.5 Å². The zero-order valence-corrected chi connectivity index (χ0v) is 20.8. The predicted octanol–water partition coefficient (Wildman–Crippen LogP) is 3.77. The number of nitrogens with zero attached hydrogens (tertiary/aromatic N) is 1. The van der Waals surface area contributed by atoms with Crippen LogP contribution in [-0.4, -0.2) is 56.1 Å². The Morgan fingerprint density at radius 1 is 1.18 bits per heavy atom. The van der Waals surface area contributed by atoms with E-state index < -0.39 is 10.8 Å². The normalized spacial score (nSPS) is 14.1. The molecule has 1 aliphatic heterocycles. The minimum atomic E-state index is -0.994. The zero-order chi connectivity index (χ0) is 24.7. The molecule has 0 radical (unpaired) electrons. The van der Waals surface area contributed by atoms with Crippen LogP contribution in [0, 0.1) is 10.8 Å². The van der Waals surface area contributed by atoms with Gasteiger partial charge in [-0.3, -0.25) is 24.6 Å². The molecule has 1 aliphatic rings. The number of ether oxygens (including phenoxy) is 1. The molecule has 1 saturated heterocycles. The lowest BCUT2D eigenvalue weighted by atomic mass is 10.1. The van der Waals surface area contributed by atoms with Gasteiger partial charge in [-0.15, -0.1) is 0 Å². The molecule has 180 valence electrons. The van der Waals surface area contributed by atoms with Crippen LogP contribution < -0.4 is 10.1 Å². The summed E-state index contributed by atoms with van der Waals surface area (Å²) in [5.74, 6) is 1.19. The van der Waals surface area contributed by atoms with Crippen LogP contribution in [0.25, 0.3) is 0 Å². The van der Waals surface area contributed by atoms with E-state index in [-0.39, 0.29) is 16.9 Å². The molecule has 1 atom stereocenters. The van der Waals surface area contributed by atoms with Crippen molar-refractivity contribution < 1.29 is 18.5 Å². The first-order valence-corrected chi connectivity index (χ1v) is 13.4. The lowest BCUT2D eigenvalue weighted by Crippen LogP contribution is -2.27. The number of amides is 2. The smallest absolute Gasteiger partial charge is 0.251 e. The van der Waals surface area contributed by atoms with Crippen LogP contribution in [0.1, 0.15) is 41.3 Å². The van der Waals surface area contributed by atoms with Gasteiger partial charge in [-0.05, 0) is 49.7 Å². The maximum atomic E-state index is 12.6. The summed E-state index contributed by atoms with van der Waals surface area (Å²) >= 11 is 1.08. The first kappa shape index (κ1) is 25.6.